The Labute approximate surface area is 128 Å². The highest BCUT2D eigenvalue weighted by atomic mass is 35.5. The highest BCUT2D eigenvalue weighted by Crippen LogP contribution is 2.38. The van der Waals surface area contributed by atoms with Gasteiger partial charge < -0.3 is 11.1 Å². The molecule has 0 unspecified atom stereocenters. The van der Waals surface area contributed by atoms with E-state index in [-0.39, 0.29) is 23.6 Å². The molecule has 1 aromatic heterocycles. The minimum Gasteiger partial charge on any atom is -0.324 e. The molecule has 1 fully saturated rings. The fourth-order valence-corrected chi connectivity index (χ4v) is 2.94. The third-order valence-electron chi connectivity index (χ3n) is 3.19. The zero-order chi connectivity index (χ0) is 12.4. The first-order valence-corrected chi connectivity index (χ1v) is 6.70. The second-order valence-electron chi connectivity index (χ2n) is 4.24. The molecule has 3 nitrogen and oxygen atoms in total. The molecule has 0 saturated carbocycles. The fraction of sp³-hybridized carbons (Fsp3) is 0.545. The summed E-state index contributed by atoms with van der Waals surface area (Å²) in [5.41, 5.74) is 6.98. The van der Waals surface area contributed by atoms with E-state index in [1.807, 2.05) is 0 Å². The molecule has 1 aliphatic heterocycles. The first kappa shape index (κ1) is 16.3. The Bertz CT molecular complexity index is 408. The summed E-state index contributed by atoms with van der Waals surface area (Å²) in [5, 5.41) is 4.43. The number of aromatic nitrogens is 1. The van der Waals surface area contributed by atoms with E-state index >= 15 is 0 Å². The van der Waals surface area contributed by atoms with Crippen LogP contribution >= 0.6 is 47.2 Å². The normalized spacial score (nSPS) is 18.2. The van der Waals surface area contributed by atoms with Gasteiger partial charge in [-0.05, 0) is 31.8 Å². The van der Waals surface area contributed by atoms with Crippen molar-refractivity contribution < 1.29 is 0 Å². The Balaban J connectivity index is 0.00000162. The average Bonchev–Trinajstić information content (AvgIpc) is 2.35. The van der Waals surface area contributed by atoms with Crippen LogP contribution in [0.25, 0.3) is 0 Å². The largest absolute Gasteiger partial charge is 0.324 e. The van der Waals surface area contributed by atoms with Gasteiger partial charge in [0, 0.05) is 17.8 Å². The van der Waals surface area contributed by atoms with Crippen molar-refractivity contribution in [2.24, 2.45) is 11.7 Å². The lowest BCUT2D eigenvalue weighted by Crippen LogP contribution is -2.34. The predicted molar refractivity (Wildman–Crippen MR) is 79.0 cm³/mol. The molecule has 0 amide bonds. The molecule has 0 aliphatic carbocycles. The molecule has 1 aliphatic rings. The molecule has 1 aromatic rings. The van der Waals surface area contributed by atoms with E-state index in [4.69, 9.17) is 40.5 Å². The highest BCUT2D eigenvalue weighted by Gasteiger charge is 2.26. The van der Waals surface area contributed by atoms with Crippen LogP contribution in [-0.4, -0.2) is 18.1 Å². The number of rotatable bonds is 2. The van der Waals surface area contributed by atoms with Gasteiger partial charge in [0.2, 0.25) is 0 Å². The maximum atomic E-state index is 6.26. The van der Waals surface area contributed by atoms with Crippen molar-refractivity contribution in [3.8, 4) is 0 Å². The van der Waals surface area contributed by atoms with Crippen LogP contribution in [0, 0.1) is 5.92 Å². The fourth-order valence-electron chi connectivity index (χ4n) is 2.20. The van der Waals surface area contributed by atoms with Crippen LogP contribution in [0.4, 0.5) is 0 Å². The summed E-state index contributed by atoms with van der Waals surface area (Å²) in [6.45, 7) is 1.96. The van der Waals surface area contributed by atoms with Crippen LogP contribution in [-0.2, 0) is 0 Å². The second-order valence-corrected chi connectivity index (χ2v) is 5.38. The van der Waals surface area contributed by atoms with Crippen LogP contribution in [0.3, 0.4) is 0 Å². The topological polar surface area (TPSA) is 50.9 Å². The molecule has 0 spiro atoms. The molecule has 102 valence electrons. The molecule has 0 radical (unpaired) electrons. The lowest BCUT2D eigenvalue weighted by molar-refractivity contribution is 0.322. The van der Waals surface area contributed by atoms with Gasteiger partial charge in [-0.2, -0.15) is 0 Å². The summed E-state index contributed by atoms with van der Waals surface area (Å²) >= 11 is 18.2. The van der Waals surface area contributed by atoms with Gasteiger partial charge in [-0.1, -0.05) is 34.8 Å². The van der Waals surface area contributed by atoms with Crippen LogP contribution in [0.1, 0.15) is 24.4 Å². The van der Waals surface area contributed by atoms with Gasteiger partial charge in [0.1, 0.15) is 5.15 Å². The van der Waals surface area contributed by atoms with Gasteiger partial charge in [0.05, 0.1) is 10.0 Å². The molecular formula is C11H15Cl4N3. The number of piperidine rings is 1. The van der Waals surface area contributed by atoms with Crippen molar-refractivity contribution in [3.63, 3.8) is 0 Å². The number of nitrogens with one attached hydrogen (secondary N) is 1. The van der Waals surface area contributed by atoms with E-state index < -0.39 is 0 Å². The maximum absolute atomic E-state index is 6.26. The first-order chi connectivity index (χ1) is 8.11. The number of halogens is 4. The predicted octanol–water partition coefficient (Wildman–Crippen LogP) is 3.46. The van der Waals surface area contributed by atoms with Gasteiger partial charge >= 0.3 is 0 Å². The molecule has 3 N–H and O–H groups in total. The minimum absolute atomic E-state index is 0. The number of hydrogen-bond acceptors (Lipinski definition) is 3. The van der Waals surface area contributed by atoms with Gasteiger partial charge in [-0.3, -0.25) is 0 Å². The van der Waals surface area contributed by atoms with Crippen LogP contribution in [0.2, 0.25) is 15.2 Å². The monoisotopic (exact) mass is 329 g/mol. The van der Waals surface area contributed by atoms with Crippen molar-refractivity contribution in [3.05, 3.63) is 27.0 Å². The zero-order valence-electron chi connectivity index (χ0n) is 9.63. The molecule has 1 saturated heterocycles. The van der Waals surface area contributed by atoms with E-state index in [0.717, 1.165) is 31.5 Å². The molecule has 2 rings (SSSR count). The molecule has 1 atom stereocenters. The standard InChI is InChI=1S/C11H14Cl3N3.ClH/c12-7-5-17-11(14)9(13)8(7)10(15)6-1-3-16-4-2-6;/h5-6,10,16H,1-4,15H2;1H/t10-;/m1./s1. The lowest BCUT2D eigenvalue weighted by atomic mass is 9.87. The number of pyridine rings is 1. The second kappa shape index (κ2) is 7.13. The highest BCUT2D eigenvalue weighted by molar-refractivity contribution is 6.43. The SMILES string of the molecule is Cl.N[C@@H](c1c(Cl)cnc(Cl)c1Cl)C1CCNCC1. The summed E-state index contributed by atoms with van der Waals surface area (Å²) in [5.74, 6) is 0.379. The summed E-state index contributed by atoms with van der Waals surface area (Å²) in [4.78, 5) is 3.90. The summed E-state index contributed by atoms with van der Waals surface area (Å²) in [6.07, 6.45) is 3.55. The van der Waals surface area contributed by atoms with Crippen molar-refractivity contribution in [1.82, 2.24) is 10.3 Å². The first-order valence-electron chi connectivity index (χ1n) is 5.57. The third-order valence-corrected chi connectivity index (χ3v) is 4.26. The molecule has 7 heteroatoms. The molecular weight excluding hydrogens is 316 g/mol. The molecule has 2 heterocycles. The Kier molecular flexibility index (Phi) is 6.45. The third kappa shape index (κ3) is 3.41. The quantitative estimate of drug-likeness (QED) is 0.816. The number of nitrogens with two attached hydrogens (primary N) is 1. The minimum atomic E-state index is -0.183. The van der Waals surface area contributed by atoms with Gasteiger partial charge in [0.15, 0.2) is 0 Å². The van der Waals surface area contributed by atoms with Crippen molar-refractivity contribution in [1.29, 1.82) is 0 Å². The van der Waals surface area contributed by atoms with Crippen LogP contribution in [0.15, 0.2) is 6.20 Å². The zero-order valence-corrected chi connectivity index (χ0v) is 12.7. The Morgan fingerprint density at radius 1 is 1.28 bits per heavy atom. The number of hydrogen-bond donors (Lipinski definition) is 2. The number of nitrogens with zero attached hydrogens (tertiary/aromatic N) is 1. The van der Waals surface area contributed by atoms with E-state index in [2.05, 4.69) is 10.3 Å². The molecule has 18 heavy (non-hydrogen) atoms. The lowest BCUT2D eigenvalue weighted by Gasteiger charge is -2.29. The van der Waals surface area contributed by atoms with Crippen molar-refractivity contribution >= 4 is 47.2 Å². The van der Waals surface area contributed by atoms with E-state index in [9.17, 15) is 0 Å². The average molecular weight is 331 g/mol. The van der Waals surface area contributed by atoms with Gasteiger partial charge in [0.25, 0.3) is 0 Å². The van der Waals surface area contributed by atoms with Gasteiger partial charge in [-0.15, -0.1) is 12.4 Å². The Morgan fingerprint density at radius 2 is 1.89 bits per heavy atom. The van der Waals surface area contributed by atoms with Crippen molar-refractivity contribution in [2.75, 3.05) is 13.1 Å². The van der Waals surface area contributed by atoms with Gasteiger partial charge in [-0.25, -0.2) is 4.98 Å². The Hall–Kier alpha value is 0.230. The van der Waals surface area contributed by atoms with E-state index in [1.54, 1.807) is 0 Å². The Morgan fingerprint density at radius 3 is 2.50 bits per heavy atom. The molecule has 0 aromatic carbocycles. The summed E-state index contributed by atoms with van der Waals surface area (Å²) in [7, 11) is 0. The summed E-state index contributed by atoms with van der Waals surface area (Å²) < 4.78 is 0. The van der Waals surface area contributed by atoms with Crippen LogP contribution in [0.5, 0.6) is 0 Å². The summed E-state index contributed by atoms with van der Waals surface area (Å²) in [6, 6.07) is -0.183. The van der Waals surface area contributed by atoms with Crippen LogP contribution < -0.4 is 11.1 Å². The smallest absolute Gasteiger partial charge is 0.148 e. The van der Waals surface area contributed by atoms with E-state index in [1.165, 1.54) is 6.20 Å². The van der Waals surface area contributed by atoms with E-state index in [0.29, 0.717) is 16.0 Å². The molecule has 0 bridgehead atoms. The van der Waals surface area contributed by atoms with Crippen molar-refractivity contribution in [2.45, 2.75) is 18.9 Å². The maximum Gasteiger partial charge on any atom is 0.148 e.